The molecular formula is C10H19N5O3. The molecule has 18 heavy (non-hydrogen) atoms. The normalized spacial score (nSPS) is 12.3. The Morgan fingerprint density at radius 3 is 2.94 bits per heavy atom. The van der Waals surface area contributed by atoms with Gasteiger partial charge in [-0.15, -0.1) is 5.10 Å². The van der Waals surface area contributed by atoms with Crippen molar-refractivity contribution in [3.63, 3.8) is 0 Å². The van der Waals surface area contributed by atoms with Gasteiger partial charge in [-0.05, 0) is 0 Å². The van der Waals surface area contributed by atoms with Crippen LogP contribution in [0.3, 0.4) is 0 Å². The maximum Gasteiger partial charge on any atom is 0.245 e. The average molecular weight is 257 g/mol. The number of hydrogen-bond acceptors (Lipinski definition) is 6. The Labute approximate surface area is 105 Å². The molecule has 1 amide bonds. The van der Waals surface area contributed by atoms with Gasteiger partial charge in [-0.25, -0.2) is 0 Å². The van der Waals surface area contributed by atoms with E-state index in [2.05, 4.69) is 15.6 Å². The fraction of sp³-hybridized carbons (Fsp3) is 0.700. The summed E-state index contributed by atoms with van der Waals surface area (Å²) in [7, 11) is 1.56. The van der Waals surface area contributed by atoms with Gasteiger partial charge < -0.3 is 20.5 Å². The molecule has 1 aromatic heterocycles. The molecule has 0 radical (unpaired) electrons. The van der Waals surface area contributed by atoms with Crippen LogP contribution < -0.4 is 11.1 Å². The van der Waals surface area contributed by atoms with Gasteiger partial charge in [0.1, 0.15) is 6.61 Å². The molecule has 102 valence electrons. The Balaban J connectivity index is 1.96. The molecule has 3 N–H and O–H groups in total. The number of carbonyl (C=O) groups is 1. The standard InChI is InChI=1S/C10H19N5O3/c1-12-10(16)8-18-5-4-17-7-9(11)6-15-3-2-13-14-15/h2-3,9H,4-8,11H2,1H3,(H,12,16). The Kier molecular flexibility index (Phi) is 6.92. The summed E-state index contributed by atoms with van der Waals surface area (Å²) >= 11 is 0. The molecule has 1 unspecified atom stereocenters. The Bertz CT molecular complexity index is 330. The van der Waals surface area contributed by atoms with E-state index in [1.54, 1.807) is 24.1 Å². The first-order chi connectivity index (χ1) is 8.72. The van der Waals surface area contributed by atoms with Crippen molar-refractivity contribution < 1.29 is 14.3 Å². The minimum Gasteiger partial charge on any atom is -0.377 e. The van der Waals surface area contributed by atoms with Crippen LogP contribution in [0.4, 0.5) is 0 Å². The third kappa shape index (κ3) is 6.28. The van der Waals surface area contributed by atoms with E-state index in [1.165, 1.54) is 0 Å². The predicted molar refractivity (Wildman–Crippen MR) is 63.7 cm³/mol. The van der Waals surface area contributed by atoms with Gasteiger partial charge in [0.05, 0.1) is 32.6 Å². The van der Waals surface area contributed by atoms with Crippen LogP contribution in [0.15, 0.2) is 12.4 Å². The lowest BCUT2D eigenvalue weighted by Gasteiger charge is -2.11. The molecule has 0 aliphatic heterocycles. The lowest BCUT2D eigenvalue weighted by Crippen LogP contribution is -2.32. The second-order valence-corrected chi connectivity index (χ2v) is 3.69. The Morgan fingerprint density at radius 2 is 2.28 bits per heavy atom. The zero-order chi connectivity index (χ0) is 13.2. The van der Waals surface area contributed by atoms with Crippen molar-refractivity contribution in [2.45, 2.75) is 12.6 Å². The average Bonchev–Trinajstić information content (AvgIpc) is 2.85. The van der Waals surface area contributed by atoms with Crippen molar-refractivity contribution in [1.29, 1.82) is 0 Å². The van der Waals surface area contributed by atoms with Crippen molar-refractivity contribution >= 4 is 5.91 Å². The summed E-state index contributed by atoms with van der Waals surface area (Å²) in [5.74, 6) is -0.155. The van der Waals surface area contributed by atoms with Gasteiger partial charge in [0.25, 0.3) is 0 Å². The van der Waals surface area contributed by atoms with Crippen LogP contribution in [-0.2, 0) is 20.8 Å². The Morgan fingerprint density at radius 1 is 1.50 bits per heavy atom. The van der Waals surface area contributed by atoms with Crippen LogP contribution in [0.5, 0.6) is 0 Å². The van der Waals surface area contributed by atoms with Gasteiger partial charge in [0.15, 0.2) is 0 Å². The zero-order valence-corrected chi connectivity index (χ0v) is 10.4. The van der Waals surface area contributed by atoms with Crippen LogP contribution in [0, 0.1) is 0 Å². The third-order valence-corrected chi connectivity index (χ3v) is 2.11. The second kappa shape index (κ2) is 8.56. The quantitative estimate of drug-likeness (QED) is 0.515. The molecule has 0 spiro atoms. The van der Waals surface area contributed by atoms with E-state index in [1.807, 2.05) is 0 Å². The molecule has 1 atom stereocenters. The van der Waals surface area contributed by atoms with E-state index >= 15 is 0 Å². The number of carbonyl (C=O) groups excluding carboxylic acids is 1. The highest BCUT2D eigenvalue weighted by molar-refractivity contribution is 5.76. The number of amides is 1. The van der Waals surface area contributed by atoms with E-state index in [-0.39, 0.29) is 18.6 Å². The summed E-state index contributed by atoms with van der Waals surface area (Å²) in [6.45, 7) is 1.78. The van der Waals surface area contributed by atoms with Gasteiger partial charge in [0, 0.05) is 19.3 Å². The van der Waals surface area contributed by atoms with E-state index in [0.29, 0.717) is 26.4 Å². The maximum atomic E-state index is 10.8. The van der Waals surface area contributed by atoms with Gasteiger partial charge in [-0.2, -0.15) is 0 Å². The molecule has 0 aromatic carbocycles. The SMILES string of the molecule is CNC(=O)COCCOCC(N)Cn1ccnn1. The van der Waals surface area contributed by atoms with E-state index in [9.17, 15) is 4.79 Å². The van der Waals surface area contributed by atoms with Crippen LogP contribution in [0.1, 0.15) is 0 Å². The van der Waals surface area contributed by atoms with Gasteiger partial charge in [-0.3, -0.25) is 9.48 Å². The summed E-state index contributed by atoms with van der Waals surface area (Å²) in [6.07, 6.45) is 3.34. The number of nitrogens with one attached hydrogen (secondary N) is 1. The first-order valence-corrected chi connectivity index (χ1v) is 5.68. The molecule has 1 aromatic rings. The molecule has 0 saturated carbocycles. The van der Waals surface area contributed by atoms with Crippen molar-refractivity contribution in [3.8, 4) is 0 Å². The van der Waals surface area contributed by atoms with Crippen molar-refractivity contribution in [3.05, 3.63) is 12.4 Å². The van der Waals surface area contributed by atoms with Crippen LogP contribution in [-0.4, -0.2) is 60.4 Å². The highest BCUT2D eigenvalue weighted by atomic mass is 16.5. The number of aromatic nitrogens is 3. The zero-order valence-electron chi connectivity index (χ0n) is 10.4. The fourth-order valence-electron chi connectivity index (χ4n) is 1.21. The maximum absolute atomic E-state index is 10.8. The van der Waals surface area contributed by atoms with Gasteiger partial charge >= 0.3 is 0 Å². The summed E-state index contributed by atoms with van der Waals surface area (Å²) in [4.78, 5) is 10.8. The lowest BCUT2D eigenvalue weighted by molar-refractivity contribution is -0.125. The van der Waals surface area contributed by atoms with Crippen molar-refractivity contribution in [2.24, 2.45) is 5.73 Å². The molecular weight excluding hydrogens is 238 g/mol. The summed E-state index contributed by atoms with van der Waals surface area (Å²) in [6, 6.07) is -0.148. The number of ether oxygens (including phenoxy) is 2. The molecule has 8 nitrogen and oxygen atoms in total. The number of likely N-dealkylation sites (N-methyl/N-ethyl adjacent to an activating group) is 1. The minimum absolute atomic E-state index is 0.0465. The van der Waals surface area contributed by atoms with E-state index < -0.39 is 0 Å². The molecule has 0 aliphatic carbocycles. The van der Waals surface area contributed by atoms with E-state index in [4.69, 9.17) is 15.2 Å². The molecule has 8 heteroatoms. The number of rotatable bonds is 9. The topological polar surface area (TPSA) is 104 Å². The molecule has 1 heterocycles. The summed E-state index contributed by atoms with van der Waals surface area (Å²) in [5, 5.41) is 9.94. The van der Waals surface area contributed by atoms with E-state index in [0.717, 1.165) is 0 Å². The largest absolute Gasteiger partial charge is 0.377 e. The van der Waals surface area contributed by atoms with Crippen molar-refractivity contribution in [1.82, 2.24) is 20.3 Å². The van der Waals surface area contributed by atoms with Gasteiger partial charge in [0.2, 0.25) is 5.91 Å². The first kappa shape index (κ1) is 14.6. The highest BCUT2D eigenvalue weighted by Gasteiger charge is 2.04. The molecule has 0 bridgehead atoms. The lowest BCUT2D eigenvalue weighted by atomic mass is 10.3. The van der Waals surface area contributed by atoms with Gasteiger partial charge in [-0.1, -0.05) is 5.21 Å². The second-order valence-electron chi connectivity index (χ2n) is 3.69. The molecule has 0 saturated heterocycles. The number of hydrogen-bond donors (Lipinski definition) is 2. The molecule has 1 rings (SSSR count). The minimum atomic E-state index is -0.155. The predicted octanol–water partition coefficient (Wildman–Crippen LogP) is -1.62. The van der Waals surface area contributed by atoms with Crippen molar-refractivity contribution in [2.75, 3.05) is 33.5 Å². The monoisotopic (exact) mass is 257 g/mol. The summed E-state index contributed by atoms with van der Waals surface area (Å²) in [5.41, 5.74) is 5.83. The Hall–Kier alpha value is -1.51. The van der Waals surface area contributed by atoms with Crippen LogP contribution in [0.25, 0.3) is 0 Å². The molecule has 0 fully saturated rings. The summed E-state index contributed by atoms with van der Waals surface area (Å²) < 4.78 is 12.0. The van der Waals surface area contributed by atoms with Crippen LogP contribution >= 0.6 is 0 Å². The fourth-order valence-corrected chi connectivity index (χ4v) is 1.21. The third-order valence-electron chi connectivity index (χ3n) is 2.11. The first-order valence-electron chi connectivity index (χ1n) is 5.68. The molecule has 0 aliphatic rings. The smallest absolute Gasteiger partial charge is 0.245 e. The van der Waals surface area contributed by atoms with Crippen LogP contribution in [0.2, 0.25) is 0 Å². The highest BCUT2D eigenvalue weighted by Crippen LogP contribution is 1.89. The number of nitrogens with zero attached hydrogens (tertiary/aromatic N) is 3. The number of nitrogens with two attached hydrogens (primary N) is 1.